The number of aliphatic hydroxyl groups excluding tert-OH is 1. The molecule has 3 saturated carbocycles. The summed E-state index contributed by atoms with van der Waals surface area (Å²) in [6, 6.07) is 32.0. The molecule has 0 aromatic heterocycles. The van der Waals surface area contributed by atoms with Crippen molar-refractivity contribution in [2.75, 3.05) is 6.61 Å². The molecule has 58 heavy (non-hydrogen) atoms. The van der Waals surface area contributed by atoms with E-state index in [2.05, 4.69) is 132 Å². The van der Waals surface area contributed by atoms with Gasteiger partial charge < -0.3 is 24.1 Å². The number of benzene rings is 3. The standard InChI is InChI=1S/C52H70O6/c1-36(2)42(27-31-55-38(4)53)32-46(54)37(3)43-25-26-44-47-49(57-34-40-20-12-8-13-21-40)48(56-33-39-18-10-7-11-19-39)45-24-16-17-28-51(45,6)52(47,30-29-50(43,44)5)58-35-41-22-14-9-15-23-41/h7-15,18-23,25,36-37,42,44-49,54H,16-17,24,26-35H2,1-6H3/t37?,42?,44?,45?,46?,47?,48-,49?,50-,51+,52-/m1/s1. The SMILES string of the molecule is CC(=O)OCCC(CC(O)C(C)C1=CCC2C3C(OCc4ccccc4)[C@H](OCc4ccccc4)C4CCCC[C@]4(C)[C@@]3(OCc3ccccc3)CC[C@]12C)C(C)C. The quantitative estimate of drug-likeness (QED) is 0.108. The largest absolute Gasteiger partial charge is 0.466 e. The van der Waals surface area contributed by atoms with Crippen LogP contribution in [0.4, 0.5) is 0 Å². The van der Waals surface area contributed by atoms with Crippen LogP contribution in [0.5, 0.6) is 0 Å². The third-order valence-corrected chi connectivity index (χ3v) is 15.6. The van der Waals surface area contributed by atoms with E-state index in [9.17, 15) is 9.90 Å². The minimum absolute atomic E-state index is 0.00173. The van der Waals surface area contributed by atoms with Crippen molar-refractivity contribution in [1.29, 1.82) is 0 Å². The molecule has 6 nitrogen and oxygen atoms in total. The number of hydrogen-bond acceptors (Lipinski definition) is 6. The summed E-state index contributed by atoms with van der Waals surface area (Å²) in [5, 5.41) is 12.1. The second-order valence-corrected chi connectivity index (χ2v) is 19.1. The Balaban J connectivity index is 1.27. The second kappa shape index (κ2) is 18.5. The fraction of sp³-hybridized carbons (Fsp3) is 0.596. The Kier molecular flexibility index (Phi) is 13.7. The summed E-state index contributed by atoms with van der Waals surface area (Å²) in [6.07, 6.45) is 10.7. The summed E-state index contributed by atoms with van der Waals surface area (Å²) in [4.78, 5) is 11.6. The van der Waals surface area contributed by atoms with Gasteiger partial charge in [-0.3, -0.25) is 4.79 Å². The van der Waals surface area contributed by atoms with E-state index < -0.39 is 11.7 Å². The van der Waals surface area contributed by atoms with E-state index >= 15 is 0 Å². The van der Waals surface area contributed by atoms with E-state index in [1.807, 2.05) is 0 Å². The van der Waals surface area contributed by atoms with Crippen molar-refractivity contribution in [1.82, 2.24) is 0 Å². The lowest BCUT2D eigenvalue weighted by atomic mass is 9.41. The van der Waals surface area contributed by atoms with Crippen molar-refractivity contribution in [3.63, 3.8) is 0 Å². The van der Waals surface area contributed by atoms with Gasteiger partial charge in [-0.1, -0.05) is 150 Å². The first-order valence-electron chi connectivity index (χ1n) is 22.5. The third kappa shape index (κ3) is 8.64. The lowest BCUT2D eigenvalue weighted by Crippen LogP contribution is -2.74. The highest BCUT2D eigenvalue weighted by molar-refractivity contribution is 5.65. The van der Waals surface area contributed by atoms with Crippen LogP contribution in [0.3, 0.4) is 0 Å². The van der Waals surface area contributed by atoms with Gasteiger partial charge in [-0.2, -0.15) is 0 Å². The summed E-state index contributed by atoms with van der Waals surface area (Å²) in [6.45, 7) is 15.2. The lowest BCUT2D eigenvalue weighted by Gasteiger charge is -2.69. The summed E-state index contributed by atoms with van der Waals surface area (Å²) in [7, 11) is 0. The van der Waals surface area contributed by atoms with Crippen molar-refractivity contribution in [2.24, 2.45) is 46.3 Å². The topological polar surface area (TPSA) is 74.2 Å². The summed E-state index contributed by atoms with van der Waals surface area (Å²) < 4.78 is 27.8. The lowest BCUT2D eigenvalue weighted by molar-refractivity contribution is -0.324. The summed E-state index contributed by atoms with van der Waals surface area (Å²) in [5.41, 5.74) is 4.30. The van der Waals surface area contributed by atoms with Crippen molar-refractivity contribution >= 4 is 5.97 Å². The van der Waals surface area contributed by atoms with Crippen molar-refractivity contribution in [3.8, 4) is 0 Å². The molecule has 3 aromatic rings. The first kappa shape index (κ1) is 42.8. The first-order valence-corrected chi connectivity index (χ1v) is 22.5. The van der Waals surface area contributed by atoms with Crippen molar-refractivity contribution in [3.05, 3.63) is 119 Å². The van der Waals surface area contributed by atoms with Crippen LogP contribution < -0.4 is 0 Å². The zero-order valence-corrected chi connectivity index (χ0v) is 36.1. The average Bonchev–Trinajstić information content (AvgIpc) is 3.58. The molecular formula is C52H70O6. The number of carbonyl (C=O) groups excluding carboxylic acids is 1. The molecule has 6 heteroatoms. The molecule has 0 amide bonds. The molecule has 0 spiro atoms. The maximum Gasteiger partial charge on any atom is 0.302 e. The molecular weight excluding hydrogens is 721 g/mol. The molecule has 4 aliphatic carbocycles. The number of allylic oxidation sites excluding steroid dienone is 1. The van der Waals surface area contributed by atoms with E-state index in [1.165, 1.54) is 42.0 Å². The molecule has 0 radical (unpaired) electrons. The van der Waals surface area contributed by atoms with E-state index in [-0.39, 0.29) is 58.6 Å². The fourth-order valence-corrected chi connectivity index (χ4v) is 12.3. The van der Waals surface area contributed by atoms with Gasteiger partial charge in [-0.25, -0.2) is 0 Å². The minimum atomic E-state index is -0.494. The van der Waals surface area contributed by atoms with Crippen LogP contribution in [0.25, 0.3) is 0 Å². The Hall–Kier alpha value is -3.29. The van der Waals surface area contributed by atoms with Crippen LogP contribution >= 0.6 is 0 Å². The highest BCUT2D eigenvalue weighted by atomic mass is 16.5. The van der Waals surface area contributed by atoms with E-state index in [0.717, 1.165) is 38.5 Å². The maximum absolute atomic E-state index is 12.1. The predicted molar refractivity (Wildman–Crippen MR) is 230 cm³/mol. The Morgan fingerprint density at radius 3 is 1.93 bits per heavy atom. The number of ether oxygens (including phenoxy) is 4. The molecule has 3 fully saturated rings. The van der Waals surface area contributed by atoms with Gasteiger partial charge in [0.25, 0.3) is 0 Å². The number of rotatable bonds is 17. The molecule has 0 aliphatic heterocycles. The first-order chi connectivity index (χ1) is 28.0. The van der Waals surface area contributed by atoms with Crippen LogP contribution in [0.1, 0.15) is 116 Å². The van der Waals surface area contributed by atoms with Gasteiger partial charge in [0.15, 0.2) is 0 Å². The van der Waals surface area contributed by atoms with Crippen molar-refractivity contribution in [2.45, 2.75) is 143 Å². The minimum Gasteiger partial charge on any atom is -0.466 e. The molecule has 0 bridgehead atoms. The van der Waals surface area contributed by atoms with Gasteiger partial charge in [-0.15, -0.1) is 0 Å². The second-order valence-electron chi connectivity index (χ2n) is 19.1. The summed E-state index contributed by atoms with van der Waals surface area (Å²) in [5.74, 6) is 1.00. The van der Waals surface area contributed by atoms with Crippen LogP contribution in [-0.4, -0.2) is 41.6 Å². The molecule has 11 atom stereocenters. The van der Waals surface area contributed by atoms with Crippen molar-refractivity contribution < 1.29 is 28.8 Å². The Morgan fingerprint density at radius 2 is 1.34 bits per heavy atom. The molecule has 0 heterocycles. The van der Waals surface area contributed by atoms with Crippen LogP contribution in [0, 0.1) is 46.3 Å². The normalized spacial score (nSPS) is 32.0. The van der Waals surface area contributed by atoms with Gasteiger partial charge in [0.1, 0.15) is 0 Å². The Bertz CT molecular complexity index is 1790. The van der Waals surface area contributed by atoms with E-state index in [0.29, 0.717) is 38.8 Å². The van der Waals surface area contributed by atoms with Gasteiger partial charge in [0, 0.05) is 24.2 Å². The maximum atomic E-state index is 12.1. The number of aliphatic hydroxyl groups is 1. The summed E-state index contributed by atoms with van der Waals surface area (Å²) >= 11 is 0. The monoisotopic (exact) mass is 791 g/mol. The van der Waals surface area contributed by atoms with Crippen LogP contribution in [-0.2, 0) is 43.6 Å². The number of esters is 1. The van der Waals surface area contributed by atoms with Crippen LogP contribution in [0.15, 0.2) is 103 Å². The van der Waals surface area contributed by atoms with Crippen LogP contribution in [0.2, 0.25) is 0 Å². The molecule has 3 aromatic carbocycles. The van der Waals surface area contributed by atoms with E-state index in [4.69, 9.17) is 18.9 Å². The number of carbonyl (C=O) groups is 1. The zero-order valence-electron chi connectivity index (χ0n) is 36.1. The molecule has 314 valence electrons. The third-order valence-electron chi connectivity index (χ3n) is 15.6. The molecule has 7 rings (SSSR count). The molecule has 0 saturated heterocycles. The molecule has 7 unspecified atom stereocenters. The fourth-order valence-electron chi connectivity index (χ4n) is 12.3. The highest BCUT2D eigenvalue weighted by Crippen LogP contribution is 2.71. The zero-order chi connectivity index (χ0) is 40.9. The van der Waals surface area contributed by atoms with Gasteiger partial charge in [0.05, 0.1) is 50.3 Å². The number of hydrogen-bond donors (Lipinski definition) is 1. The van der Waals surface area contributed by atoms with Gasteiger partial charge in [-0.05, 0) is 90.7 Å². The smallest absolute Gasteiger partial charge is 0.302 e. The average molecular weight is 791 g/mol. The van der Waals surface area contributed by atoms with Gasteiger partial charge >= 0.3 is 5.97 Å². The van der Waals surface area contributed by atoms with Gasteiger partial charge in [0.2, 0.25) is 0 Å². The molecule has 1 N–H and O–H groups in total. The Labute approximate surface area is 349 Å². The van der Waals surface area contributed by atoms with E-state index in [1.54, 1.807) is 0 Å². The number of fused-ring (bicyclic) bond motifs is 5. The predicted octanol–water partition coefficient (Wildman–Crippen LogP) is 11.3. The highest BCUT2D eigenvalue weighted by Gasteiger charge is 2.72. The molecule has 4 aliphatic rings. The Morgan fingerprint density at radius 1 is 0.759 bits per heavy atom.